The minimum atomic E-state index is -0.777. The average molecular weight is 521 g/mol. The minimum Gasteiger partial charge on any atom is -0.463 e. The molecule has 10 heteroatoms. The number of ether oxygens (including phenoxy) is 1. The molecule has 2 aliphatic rings. The van der Waals surface area contributed by atoms with E-state index < -0.39 is 16.9 Å². The van der Waals surface area contributed by atoms with E-state index in [4.69, 9.17) is 9.73 Å². The summed E-state index contributed by atoms with van der Waals surface area (Å²) < 4.78 is 5.46. The Hall–Kier alpha value is -3.92. The van der Waals surface area contributed by atoms with E-state index in [1.54, 1.807) is 19.1 Å². The Balaban J connectivity index is 1.86. The van der Waals surface area contributed by atoms with E-state index in [0.29, 0.717) is 34.6 Å². The number of hydrogen-bond acceptors (Lipinski definition) is 8. The highest BCUT2D eigenvalue weighted by molar-refractivity contribution is 8.16. The molecule has 0 aliphatic carbocycles. The SMILES string of the molecule is CCOC(=O)C1=C(c2ccccc2)N=C2SC=C(CC(=O)NCC(C)C)N2C1c1cccc([N+](=O)[O-])c1. The third-order valence-corrected chi connectivity index (χ3v) is 6.69. The predicted molar refractivity (Wildman–Crippen MR) is 143 cm³/mol. The van der Waals surface area contributed by atoms with Gasteiger partial charge in [-0.2, -0.15) is 0 Å². The van der Waals surface area contributed by atoms with Crippen LogP contribution in [0.3, 0.4) is 0 Å². The summed E-state index contributed by atoms with van der Waals surface area (Å²) in [4.78, 5) is 44.0. The number of fused-ring (bicyclic) bond motifs is 1. The van der Waals surface area contributed by atoms with Crippen LogP contribution in [0.25, 0.3) is 5.70 Å². The van der Waals surface area contributed by atoms with Gasteiger partial charge < -0.3 is 15.0 Å². The lowest BCUT2D eigenvalue weighted by molar-refractivity contribution is -0.384. The van der Waals surface area contributed by atoms with Crippen molar-refractivity contribution >= 4 is 40.2 Å². The van der Waals surface area contributed by atoms with Crippen LogP contribution < -0.4 is 5.32 Å². The third-order valence-electron chi connectivity index (χ3n) is 5.80. The Labute approximate surface area is 219 Å². The topological polar surface area (TPSA) is 114 Å². The van der Waals surface area contributed by atoms with Gasteiger partial charge in [0.25, 0.3) is 5.69 Å². The molecule has 0 saturated carbocycles. The number of esters is 1. The van der Waals surface area contributed by atoms with Crippen molar-refractivity contribution in [2.75, 3.05) is 13.2 Å². The molecule has 0 saturated heterocycles. The van der Waals surface area contributed by atoms with Crippen molar-refractivity contribution in [1.82, 2.24) is 10.2 Å². The zero-order chi connectivity index (χ0) is 26.5. The molecule has 1 N–H and O–H groups in total. The first-order valence-electron chi connectivity index (χ1n) is 12.0. The van der Waals surface area contributed by atoms with Crippen LogP contribution in [0, 0.1) is 16.0 Å². The summed E-state index contributed by atoms with van der Waals surface area (Å²) in [5.41, 5.74) is 2.49. The number of rotatable bonds is 9. The number of carbonyl (C=O) groups is 2. The number of nitro groups is 1. The molecule has 2 aromatic rings. The van der Waals surface area contributed by atoms with Crippen LogP contribution in [0.4, 0.5) is 5.69 Å². The number of thioether (sulfide) groups is 1. The van der Waals surface area contributed by atoms with E-state index in [1.807, 2.05) is 54.5 Å². The van der Waals surface area contributed by atoms with Crippen LogP contribution in [0.1, 0.15) is 44.4 Å². The number of amidine groups is 1. The molecule has 0 aromatic heterocycles. The Bertz CT molecular complexity index is 1300. The molecule has 4 rings (SSSR count). The number of nitro benzene ring substituents is 1. The van der Waals surface area contributed by atoms with E-state index in [-0.39, 0.29) is 30.2 Å². The number of aliphatic imine (C=N–C) groups is 1. The second-order valence-electron chi connectivity index (χ2n) is 8.97. The lowest BCUT2D eigenvalue weighted by Gasteiger charge is -2.36. The largest absolute Gasteiger partial charge is 0.463 e. The van der Waals surface area contributed by atoms with Gasteiger partial charge in [0.1, 0.15) is 0 Å². The summed E-state index contributed by atoms with van der Waals surface area (Å²) in [7, 11) is 0. The van der Waals surface area contributed by atoms with Crippen LogP contribution >= 0.6 is 11.8 Å². The van der Waals surface area contributed by atoms with Crippen LogP contribution in [0.5, 0.6) is 0 Å². The van der Waals surface area contributed by atoms with Crippen molar-refractivity contribution in [3.05, 3.63) is 92.5 Å². The number of nitrogens with one attached hydrogen (secondary N) is 1. The molecule has 0 radical (unpaired) electrons. The second-order valence-corrected chi connectivity index (χ2v) is 9.81. The molecular weight excluding hydrogens is 492 g/mol. The van der Waals surface area contributed by atoms with E-state index >= 15 is 0 Å². The van der Waals surface area contributed by atoms with Gasteiger partial charge in [-0.25, -0.2) is 9.79 Å². The summed E-state index contributed by atoms with van der Waals surface area (Å²) in [6, 6.07) is 14.7. The first-order chi connectivity index (χ1) is 17.8. The van der Waals surface area contributed by atoms with Crippen molar-refractivity contribution in [2.45, 2.75) is 33.2 Å². The average Bonchev–Trinajstić information content (AvgIpc) is 3.29. The lowest BCUT2D eigenvalue weighted by Crippen LogP contribution is -2.38. The quantitative estimate of drug-likeness (QED) is 0.280. The van der Waals surface area contributed by atoms with E-state index in [2.05, 4.69) is 5.32 Å². The van der Waals surface area contributed by atoms with Crippen molar-refractivity contribution < 1.29 is 19.2 Å². The number of benzene rings is 2. The number of non-ortho nitro benzene ring substituents is 1. The van der Waals surface area contributed by atoms with Gasteiger partial charge in [-0.05, 0) is 23.8 Å². The highest BCUT2D eigenvalue weighted by atomic mass is 32.2. The minimum absolute atomic E-state index is 0.0704. The highest BCUT2D eigenvalue weighted by Gasteiger charge is 2.42. The van der Waals surface area contributed by atoms with Crippen LogP contribution in [0.15, 0.2) is 76.3 Å². The molecule has 9 nitrogen and oxygen atoms in total. The van der Waals surface area contributed by atoms with Crippen LogP contribution in [0.2, 0.25) is 0 Å². The highest BCUT2D eigenvalue weighted by Crippen LogP contribution is 2.47. The fourth-order valence-electron chi connectivity index (χ4n) is 4.16. The smallest absolute Gasteiger partial charge is 0.338 e. The van der Waals surface area contributed by atoms with Gasteiger partial charge in [0.2, 0.25) is 5.91 Å². The molecule has 0 fully saturated rings. The molecule has 192 valence electrons. The van der Waals surface area contributed by atoms with E-state index in [0.717, 1.165) is 5.56 Å². The molecular formula is C27H28N4O5S. The molecule has 0 bridgehead atoms. The van der Waals surface area contributed by atoms with Gasteiger partial charge in [0, 0.05) is 29.9 Å². The van der Waals surface area contributed by atoms with Gasteiger partial charge in [-0.3, -0.25) is 14.9 Å². The first-order valence-corrected chi connectivity index (χ1v) is 12.9. The number of amides is 1. The van der Waals surface area contributed by atoms with Gasteiger partial charge >= 0.3 is 5.97 Å². The molecule has 0 spiro atoms. The zero-order valence-corrected chi connectivity index (χ0v) is 21.7. The molecule has 1 amide bonds. The van der Waals surface area contributed by atoms with E-state index in [1.165, 1.54) is 23.9 Å². The normalized spacial score (nSPS) is 16.8. The molecule has 1 atom stereocenters. The van der Waals surface area contributed by atoms with Gasteiger partial charge in [-0.15, -0.1) is 0 Å². The standard InChI is InChI=1S/C27H28N4O5S/c1-4-36-26(33)23-24(18-9-6-5-7-10-18)29-27-30(21(16-37-27)14-22(32)28-15-17(2)3)25(23)19-11-8-12-20(13-19)31(34)35/h5-13,16-17,25H,4,14-15H2,1-3H3,(H,28,32). The zero-order valence-electron chi connectivity index (χ0n) is 20.8. The van der Waals surface area contributed by atoms with Gasteiger partial charge in [-0.1, -0.05) is 68.1 Å². The molecule has 2 aliphatic heterocycles. The number of hydrogen-bond donors (Lipinski definition) is 1. The monoisotopic (exact) mass is 520 g/mol. The van der Waals surface area contributed by atoms with Crippen molar-refractivity contribution in [2.24, 2.45) is 10.9 Å². The summed E-state index contributed by atoms with van der Waals surface area (Å²) in [5.74, 6) is -0.427. The second kappa shape index (κ2) is 11.4. The lowest BCUT2D eigenvalue weighted by atomic mass is 9.91. The van der Waals surface area contributed by atoms with Crippen LogP contribution in [-0.2, 0) is 14.3 Å². The first kappa shape index (κ1) is 26.2. The molecule has 2 aromatic carbocycles. The Kier molecular flexibility index (Phi) is 8.08. The van der Waals surface area contributed by atoms with Gasteiger partial charge in [0.05, 0.1) is 35.3 Å². The Morgan fingerprint density at radius 3 is 2.62 bits per heavy atom. The number of nitrogens with zero attached hydrogens (tertiary/aromatic N) is 3. The van der Waals surface area contributed by atoms with E-state index in [9.17, 15) is 19.7 Å². The maximum Gasteiger partial charge on any atom is 0.338 e. The maximum absolute atomic E-state index is 13.5. The third kappa shape index (κ3) is 5.75. The Morgan fingerprint density at radius 2 is 1.95 bits per heavy atom. The molecule has 37 heavy (non-hydrogen) atoms. The molecule has 1 unspecified atom stereocenters. The van der Waals surface area contributed by atoms with Crippen molar-refractivity contribution in [1.29, 1.82) is 0 Å². The number of carbonyl (C=O) groups excluding carboxylic acids is 2. The summed E-state index contributed by atoms with van der Waals surface area (Å²) in [6.07, 6.45) is 0.0704. The van der Waals surface area contributed by atoms with Crippen molar-refractivity contribution in [3.63, 3.8) is 0 Å². The van der Waals surface area contributed by atoms with Crippen molar-refractivity contribution in [3.8, 4) is 0 Å². The summed E-state index contributed by atoms with van der Waals surface area (Å²) in [5, 5.41) is 16.9. The van der Waals surface area contributed by atoms with Gasteiger partial charge in [0.15, 0.2) is 5.17 Å². The molecule has 2 heterocycles. The fraction of sp³-hybridized carbons (Fsp3) is 0.296. The van der Waals surface area contributed by atoms with Crippen LogP contribution in [-0.4, -0.2) is 40.0 Å². The maximum atomic E-state index is 13.5. The fourth-order valence-corrected chi connectivity index (χ4v) is 5.08. The summed E-state index contributed by atoms with van der Waals surface area (Å²) in [6.45, 7) is 6.44. The summed E-state index contributed by atoms with van der Waals surface area (Å²) >= 11 is 1.35. The Morgan fingerprint density at radius 1 is 1.19 bits per heavy atom. The predicted octanol–water partition coefficient (Wildman–Crippen LogP) is 5.03.